The van der Waals surface area contributed by atoms with E-state index >= 15 is 0 Å². The predicted octanol–water partition coefficient (Wildman–Crippen LogP) is 0.887. The largest absolute Gasteiger partial charge is 0.424 e. The third kappa shape index (κ3) is 7.26. The number of ether oxygens (including phenoxy) is 2. The number of epoxide rings is 1. The zero-order valence-electron chi connectivity index (χ0n) is 8.74. The van der Waals surface area contributed by atoms with Gasteiger partial charge in [0.05, 0.1) is 13.2 Å². The normalized spacial score (nSPS) is 20.4. The maximum absolute atomic E-state index is 5.50. The van der Waals surface area contributed by atoms with Crippen molar-refractivity contribution in [3.63, 3.8) is 0 Å². The van der Waals surface area contributed by atoms with E-state index in [0.29, 0.717) is 6.10 Å². The summed E-state index contributed by atoms with van der Waals surface area (Å²) in [5.41, 5.74) is 0. The molecule has 4 heteroatoms. The van der Waals surface area contributed by atoms with Crippen LogP contribution in [0.1, 0.15) is 12.8 Å². The van der Waals surface area contributed by atoms with E-state index in [-0.39, 0.29) is 9.76 Å². The van der Waals surface area contributed by atoms with Crippen molar-refractivity contribution in [3.8, 4) is 0 Å². The smallest absolute Gasteiger partial charge is 0.161 e. The lowest BCUT2D eigenvalue weighted by atomic mass is 10.5. The van der Waals surface area contributed by atoms with Crippen LogP contribution in [0.4, 0.5) is 0 Å². The second-order valence-electron chi connectivity index (χ2n) is 3.43. The Morgan fingerprint density at radius 3 is 3.07 bits per heavy atom. The molecule has 1 aliphatic rings. The van der Waals surface area contributed by atoms with Gasteiger partial charge in [0, 0.05) is 13.2 Å². The maximum atomic E-state index is 5.50. The zero-order chi connectivity index (χ0) is 10.1. The van der Waals surface area contributed by atoms with E-state index in [1.165, 1.54) is 6.04 Å². The molecule has 0 amide bonds. The summed E-state index contributed by atoms with van der Waals surface area (Å²) in [6, 6.07) is 1.21. The molecular formula is C10H20O3Si. The standard InChI is InChI=1S/C10H20O3Si/c1-2-3-6-13-14-7-4-5-11-8-10-9-12-10/h2,10H,1,3-9,14H2. The molecule has 82 valence electrons. The number of hydrogen-bond donors (Lipinski definition) is 0. The van der Waals surface area contributed by atoms with E-state index in [1.807, 2.05) is 6.08 Å². The van der Waals surface area contributed by atoms with Crippen molar-refractivity contribution in [2.45, 2.75) is 25.0 Å². The van der Waals surface area contributed by atoms with Crippen molar-refractivity contribution in [1.29, 1.82) is 0 Å². The summed E-state index contributed by atoms with van der Waals surface area (Å²) in [5, 5.41) is 0. The third-order valence-corrected chi connectivity index (χ3v) is 3.37. The van der Waals surface area contributed by atoms with E-state index in [9.17, 15) is 0 Å². The van der Waals surface area contributed by atoms with Gasteiger partial charge in [-0.2, -0.15) is 0 Å². The highest BCUT2D eigenvalue weighted by molar-refractivity contribution is 6.26. The van der Waals surface area contributed by atoms with Crippen LogP contribution in [-0.2, 0) is 13.9 Å². The Hall–Kier alpha value is -0.163. The van der Waals surface area contributed by atoms with Crippen molar-refractivity contribution in [1.82, 2.24) is 0 Å². The molecule has 1 unspecified atom stereocenters. The summed E-state index contributed by atoms with van der Waals surface area (Å²) in [4.78, 5) is 0. The zero-order valence-corrected chi connectivity index (χ0v) is 10.2. The summed E-state index contributed by atoms with van der Waals surface area (Å²) in [7, 11) is -0.300. The Morgan fingerprint density at radius 1 is 1.50 bits per heavy atom. The van der Waals surface area contributed by atoms with Gasteiger partial charge in [0.15, 0.2) is 9.76 Å². The van der Waals surface area contributed by atoms with Gasteiger partial charge in [0.1, 0.15) is 6.10 Å². The van der Waals surface area contributed by atoms with E-state index in [2.05, 4.69) is 6.58 Å². The van der Waals surface area contributed by atoms with E-state index in [4.69, 9.17) is 13.9 Å². The minimum absolute atomic E-state index is 0.300. The number of hydrogen-bond acceptors (Lipinski definition) is 3. The SMILES string of the molecule is C=CCCO[SiH2]CCCOCC1CO1. The lowest BCUT2D eigenvalue weighted by molar-refractivity contribution is 0.116. The van der Waals surface area contributed by atoms with Gasteiger partial charge in [-0.1, -0.05) is 6.08 Å². The van der Waals surface area contributed by atoms with E-state index < -0.39 is 0 Å². The van der Waals surface area contributed by atoms with Gasteiger partial charge in [-0.25, -0.2) is 0 Å². The Kier molecular flexibility index (Phi) is 6.95. The molecule has 0 spiro atoms. The second-order valence-corrected chi connectivity index (χ2v) is 4.95. The first kappa shape index (κ1) is 11.9. The quantitative estimate of drug-likeness (QED) is 0.235. The van der Waals surface area contributed by atoms with Gasteiger partial charge in [0.2, 0.25) is 0 Å². The van der Waals surface area contributed by atoms with Crippen LogP contribution in [-0.4, -0.2) is 42.3 Å². The summed E-state index contributed by atoms with van der Waals surface area (Å²) in [6.45, 7) is 7.02. The fourth-order valence-electron chi connectivity index (χ4n) is 1.06. The molecule has 0 aromatic heterocycles. The highest BCUT2D eigenvalue weighted by Gasteiger charge is 2.21. The van der Waals surface area contributed by atoms with Gasteiger partial charge in [-0.05, 0) is 18.9 Å². The summed E-state index contributed by atoms with van der Waals surface area (Å²) in [6.07, 6.45) is 4.40. The first-order chi connectivity index (χ1) is 6.93. The van der Waals surface area contributed by atoms with Crippen LogP contribution in [0.3, 0.4) is 0 Å². The molecular weight excluding hydrogens is 196 g/mol. The maximum Gasteiger partial charge on any atom is 0.161 e. The molecule has 1 saturated heterocycles. The molecule has 3 nitrogen and oxygen atoms in total. The molecule has 1 heterocycles. The Morgan fingerprint density at radius 2 is 2.36 bits per heavy atom. The Balaban J connectivity index is 1.64. The van der Waals surface area contributed by atoms with Crippen molar-refractivity contribution in [2.75, 3.05) is 26.4 Å². The van der Waals surface area contributed by atoms with Crippen molar-refractivity contribution in [3.05, 3.63) is 12.7 Å². The van der Waals surface area contributed by atoms with Gasteiger partial charge >= 0.3 is 0 Å². The molecule has 0 saturated carbocycles. The van der Waals surface area contributed by atoms with Crippen LogP contribution in [0.2, 0.25) is 6.04 Å². The highest BCUT2D eigenvalue weighted by Crippen LogP contribution is 2.08. The predicted molar refractivity (Wildman–Crippen MR) is 59.3 cm³/mol. The minimum Gasteiger partial charge on any atom is -0.424 e. The average Bonchev–Trinajstić information content (AvgIpc) is 2.99. The van der Waals surface area contributed by atoms with Crippen LogP contribution in [0.5, 0.6) is 0 Å². The first-order valence-electron chi connectivity index (χ1n) is 5.31. The molecule has 0 aromatic rings. The van der Waals surface area contributed by atoms with Crippen LogP contribution in [0.25, 0.3) is 0 Å². The van der Waals surface area contributed by atoms with Gasteiger partial charge in [-0.3, -0.25) is 0 Å². The molecule has 0 aromatic carbocycles. The third-order valence-electron chi connectivity index (χ3n) is 2.00. The van der Waals surface area contributed by atoms with Gasteiger partial charge < -0.3 is 13.9 Å². The lowest BCUT2D eigenvalue weighted by Gasteiger charge is -2.02. The summed E-state index contributed by atoms with van der Waals surface area (Å²) >= 11 is 0. The van der Waals surface area contributed by atoms with Crippen molar-refractivity contribution < 1.29 is 13.9 Å². The molecule has 1 rings (SSSR count). The summed E-state index contributed by atoms with van der Waals surface area (Å²) < 4.78 is 15.9. The summed E-state index contributed by atoms with van der Waals surface area (Å²) in [5.74, 6) is 0. The van der Waals surface area contributed by atoms with E-state index in [0.717, 1.165) is 39.3 Å². The van der Waals surface area contributed by atoms with Crippen molar-refractivity contribution >= 4 is 9.76 Å². The van der Waals surface area contributed by atoms with Crippen LogP contribution >= 0.6 is 0 Å². The molecule has 0 radical (unpaired) electrons. The second kappa shape index (κ2) is 8.17. The molecule has 0 N–H and O–H groups in total. The molecule has 1 aliphatic heterocycles. The average molecular weight is 216 g/mol. The molecule has 1 fully saturated rings. The molecule has 0 aliphatic carbocycles. The van der Waals surface area contributed by atoms with Gasteiger partial charge in [0.25, 0.3) is 0 Å². The topological polar surface area (TPSA) is 31.0 Å². The fraction of sp³-hybridized carbons (Fsp3) is 0.800. The Labute approximate surface area is 88.4 Å². The Bertz CT molecular complexity index is 148. The molecule has 1 atom stereocenters. The van der Waals surface area contributed by atoms with Crippen LogP contribution in [0.15, 0.2) is 12.7 Å². The highest BCUT2D eigenvalue weighted by atomic mass is 28.2. The number of rotatable bonds is 10. The van der Waals surface area contributed by atoms with Crippen LogP contribution < -0.4 is 0 Å². The van der Waals surface area contributed by atoms with Crippen molar-refractivity contribution in [2.24, 2.45) is 0 Å². The minimum atomic E-state index is -0.300. The fourth-order valence-corrected chi connectivity index (χ4v) is 2.04. The molecule has 14 heavy (non-hydrogen) atoms. The molecule has 0 bridgehead atoms. The van der Waals surface area contributed by atoms with Crippen LogP contribution in [0, 0.1) is 0 Å². The van der Waals surface area contributed by atoms with E-state index in [1.54, 1.807) is 0 Å². The first-order valence-corrected chi connectivity index (χ1v) is 6.89. The lowest BCUT2D eigenvalue weighted by Crippen LogP contribution is -2.05. The monoisotopic (exact) mass is 216 g/mol. The van der Waals surface area contributed by atoms with Gasteiger partial charge in [-0.15, -0.1) is 6.58 Å².